The monoisotopic (exact) mass is 347 g/mol. The third-order valence-corrected chi connectivity index (χ3v) is 4.01. The molecule has 2 heterocycles. The number of aromatic amines is 1. The van der Waals surface area contributed by atoms with Crippen LogP contribution in [0.25, 0.3) is 11.3 Å². The van der Waals surface area contributed by atoms with Gasteiger partial charge in [0.05, 0.1) is 5.69 Å². The van der Waals surface area contributed by atoms with Gasteiger partial charge in [0.2, 0.25) is 11.1 Å². The Hall–Kier alpha value is -2.31. The van der Waals surface area contributed by atoms with Crippen LogP contribution in [0.4, 0.5) is 10.8 Å². The molecule has 0 spiro atoms. The number of aliphatic imine (C=N–C) groups is 1. The van der Waals surface area contributed by atoms with Crippen LogP contribution in [0.15, 0.2) is 47.6 Å². The van der Waals surface area contributed by atoms with Gasteiger partial charge in [0.25, 0.3) is 0 Å². The first-order valence-electron chi connectivity index (χ1n) is 6.91. The first-order valence-corrected chi connectivity index (χ1v) is 7.72. The Balaban J connectivity index is 0.00000192. The molecule has 0 aliphatic heterocycles. The van der Waals surface area contributed by atoms with Gasteiger partial charge in [0.15, 0.2) is 0 Å². The summed E-state index contributed by atoms with van der Waals surface area (Å²) in [7, 11) is 0. The highest BCUT2D eigenvalue weighted by Crippen LogP contribution is 2.32. The first kappa shape index (κ1) is 17.1. The summed E-state index contributed by atoms with van der Waals surface area (Å²) in [5.74, 6) is 0.330. The molecule has 0 radical (unpaired) electrons. The average Bonchev–Trinajstić information content (AvgIpc) is 3.06. The number of nitrogens with two attached hydrogens (primary N) is 1. The molecule has 0 saturated heterocycles. The molecule has 0 amide bonds. The van der Waals surface area contributed by atoms with Gasteiger partial charge in [-0.2, -0.15) is 4.99 Å². The van der Waals surface area contributed by atoms with E-state index in [0.717, 1.165) is 27.5 Å². The minimum absolute atomic E-state index is 0. The van der Waals surface area contributed by atoms with Crippen molar-refractivity contribution in [1.82, 2.24) is 9.97 Å². The minimum Gasteiger partial charge on any atom is -0.369 e. The highest BCUT2D eigenvalue weighted by molar-refractivity contribution is 7.15. The van der Waals surface area contributed by atoms with E-state index in [4.69, 9.17) is 5.73 Å². The number of guanidine groups is 1. The fourth-order valence-electron chi connectivity index (χ4n) is 2.14. The SMILES string of the molecule is Cc1cc(-c2nc(N=C(N)Nc3ccccc3)sc2C)c[nH]1.Cl. The van der Waals surface area contributed by atoms with Crippen molar-refractivity contribution in [3.8, 4) is 11.3 Å². The molecule has 0 aliphatic rings. The maximum absolute atomic E-state index is 5.94. The molecular formula is C16H18ClN5S. The Morgan fingerprint density at radius 2 is 2.00 bits per heavy atom. The fourth-order valence-corrected chi connectivity index (χ4v) is 2.96. The summed E-state index contributed by atoms with van der Waals surface area (Å²) in [6.45, 7) is 4.06. The maximum Gasteiger partial charge on any atom is 0.213 e. The van der Waals surface area contributed by atoms with Gasteiger partial charge in [-0.15, -0.1) is 12.4 Å². The van der Waals surface area contributed by atoms with Gasteiger partial charge < -0.3 is 16.0 Å². The fraction of sp³-hybridized carbons (Fsp3) is 0.125. The molecule has 0 aliphatic carbocycles. The summed E-state index contributed by atoms with van der Waals surface area (Å²) >= 11 is 1.52. The van der Waals surface area contributed by atoms with E-state index < -0.39 is 0 Å². The molecule has 120 valence electrons. The Labute approximate surface area is 145 Å². The lowest BCUT2D eigenvalue weighted by molar-refractivity contribution is 1.27. The molecule has 0 fully saturated rings. The van der Waals surface area contributed by atoms with E-state index in [1.54, 1.807) is 0 Å². The average molecular weight is 348 g/mol. The zero-order valence-electron chi connectivity index (χ0n) is 12.8. The Morgan fingerprint density at radius 3 is 2.65 bits per heavy atom. The number of para-hydroxylation sites is 1. The van der Waals surface area contributed by atoms with E-state index in [1.807, 2.05) is 50.4 Å². The lowest BCUT2D eigenvalue weighted by Crippen LogP contribution is -2.21. The molecule has 3 aromatic rings. The number of aryl methyl sites for hydroxylation is 2. The topological polar surface area (TPSA) is 79.1 Å². The molecule has 0 saturated carbocycles. The Kier molecular flexibility index (Phi) is 5.41. The van der Waals surface area contributed by atoms with Gasteiger partial charge >= 0.3 is 0 Å². The highest BCUT2D eigenvalue weighted by atomic mass is 35.5. The Morgan fingerprint density at radius 1 is 1.26 bits per heavy atom. The normalized spacial score (nSPS) is 11.1. The third kappa shape index (κ3) is 4.12. The minimum atomic E-state index is 0. The number of nitrogens with one attached hydrogen (secondary N) is 2. The quantitative estimate of drug-likeness (QED) is 0.490. The van der Waals surface area contributed by atoms with Gasteiger partial charge in [-0.25, -0.2) is 4.98 Å². The second kappa shape index (κ2) is 7.30. The van der Waals surface area contributed by atoms with Crippen molar-refractivity contribution in [2.24, 2.45) is 10.7 Å². The summed E-state index contributed by atoms with van der Waals surface area (Å²) in [6.07, 6.45) is 1.95. The smallest absolute Gasteiger partial charge is 0.213 e. The van der Waals surface area contributed by atoms with E-state index >= 15 is 0 Å². The van der Waals surface area contributed by atoms with Gasteiger partial charge in [-0.3, -0.25) is 0 Å². The Bertz CT molecular complexity index is 807. The first-order chi connectivity index (χ1) is 10.6. The standard InChI is InChI=1S/C16H17N5S.ClH/c1-10-8-12(9-18-10)14-11(2)22-16(20-14)21-15(17)19-13-6-4-3-5-7-13;/h3-9,18H,1-2H3,(H3,17,19,20,21);1H. The number of nitrogens with zero attached hydrogens (tertiary/aromatic N) is 2. The lowest BCUT2D eigenvalue weighted by atomic mass is 10.2. The molecule has 5 nitrogen and oxygen atoms in total. The number of thiazole rings is 1. The molecule has 2 aromatic heterocycles. The number of rotatable bonds is 3. The van der Waals surface area contributed by atoms with Gasteiger partial charge in [-0.1, -0.05) is 29.5 Å². The van der Waals surface area contributed by atoms with Crippen LogP contribution < -0.4 is 11.1 Å². The zero-order valence-corrected chi connectivity index (χ0v) is 14.5. The van der Waals surface area contributed by atoms with E-state index in [-0.39, 0.29) is 12.4 Å². The third-order valence-electron chi connectivity index (χ3n) is 3.15. The largest absolute Gasteiger partial charge is 0.369 e. The zero-order chi connectivity index (χ0) is 15.5. The number of H-pyrrole nitrogens is 1. The second-order valence-corrected chi connectivity index (χ2v) is 6.14. The molecule has 0 bridgehead atoms. The summed E-state index contributed by atoms with van der Waals surface area (Å²) in [5.41, 5.74) is 9.97. The highest BCUT2D eigenvalue weighted by Gasteiger charge is 2.11. The molecule has 4 N–H and O–H groups in total. The molecule has 23 heavy (non-hydrogen) atoms. The summed E-state index contributed by atoms with van der Waals surface area (Å²) in [6, 6.07) is 11.8. The summed E-state index contributed by atoms with van der Waals surface area (Å²) < 4.78 is 0. The van der Waals surface area contributed by atoms with Crippen molar-refractivity contribution in [3.63, 3.8) is 0 Å². The number of hydrogen-bond donors (Lipinski definition) is 3. The number of hydrogen-bond acceptors (Lipinski definition) is 3. The molecule has 0 atom stereocenters. The molecule has 3 rings (SSSR count). The summed E-state index contributed by atoms with van der Waals surface area (Å²) in [4.78, 5) is 13.2. The van der Waals surface area contributed by atoms with Crippen LogP contribution in [0.1, 0.15) is 10.6 Å². The second-order valence-electron chi connectivity index (χ2n) is 4.96. The van der Waals surface area contributed by atoms with Crippen LogP contribution in [0.5, 0.6) is 0 Å². The van der Waals surface area contributed by atoms with Crippen LogP contribution in [-0.2, 0) is 0 Å². The van der Waals surface area contributed by atoms with Crippen LogP contribution in [0, 0.1) is 13.8 Å². The van der Waals surface area contributed by atoms with Crippen LogP contribution in [0.2, 0.25) is 0 Å². The predicted molar refractivity (Wildman–Crippen MR) is 100.0 cm³/mol. The van der Waals surface area contributed by atoms with Crippen molar-refractivity contribution in [2.75, 3.05) is 5.32 Å². The molecular weight excluding hydrogens is 330 g/mol. The van der Waals surface area contributed by atoms with E-state index in [0.29, 0.717) is 11.1 Å². The number of benzene rings is 1. The van der Waals surface area contributed by atoms with Gasteiger partial charge in [-0.05, 0) is 32.0 Å². The molecule has 7 heteroatoms. The predicted octanol–water partition coefficient (Wildman–Crippen LogP) is 4.24. The molecule has 0 unspecified atom stereocenters. The number of aromatic nitrogens is 2. The van der Waals surface area contributed by atoms with Crippen molar-refractivity contribution < 1.29 is 0 Å². The van der Waals surface area contributed by atoms with Crippen molar-refractivity contribution in [2.45, 2.75) is 13.8 Å². The van der Waals surface area contributed by atoms with E-state index in [9.17, 15) is 0 Å². The van der Waals surface area contributed by atoms with Crippen molar-refractivity contribution in [3.05, 3.63) is 53.2 Å². The lowest BCUT2D eigenvalue weighted by Gasteiger charge is -2.03. The number of anilines is 1. The molecule has 1 aromatic carbocycles. The van der Waals surface area contributed by atoms with E-state index in [1.165, 1.54) is 11.3 Å². The summed E-state index contributed by atoms with van der Waals surface area (Å²) in [5, 5.41) is 3.70. The number of halogens is 1. The van der Waals surface area contributed by atoms with Crippen LogP contribution in [0.3, 0.4) is 0 Å². The van der Waals surface area contributed by atoms with Crippen LogP contribution in [-0.4, -0.2) is 15.9 Å². The van der Waals surface area contributed by atoms with Crippen molar-refractivity contribution in [1.29, 1.82) is 0 Å². The van der Waals surface area contributed by atoms with Gasteiger partial charge in [0, 0.05) is 28.0 Å². The maximum atomic E-state index is 5.94. The van der Waals surface area contributed by atoms with E-state index in [2.05, 4.69) is 26.3 Å². The van der Waals surface area contributed by atoms with Crippen LogP contribution >= 0.6 is 23.7 Å². The van der Waals surface area contributed by atoms with Crippen molar-refractivity contribution >= 4 is 40.5 Å². The van der Waals surface area contributed by atoms with Gasteiger partial charge in [0.1, 0.15) is 0 Å².